The van der Waals surface area contributed by atoms with Gasteiger partial charge in [0.2, 0.25) is 0 Å². The van der Waals surface area contributed by atoms with E-state index in [0.29, 0.717) is 12.2 Å². The Labute approximate surface area is 94.3 Å². The quantitative estimate of drug-likeness (QED) is 0.811. The first-order chi connectivity index (χ1) is 7.66. The smallest absolute Gasteiger partial charge is 0.310 e. The fourth-order valence-corrected chi connectivity index (χ4v) is 2.41. The van der Waals surface area contributed by atoms with Crippen molar-refractivity contribution in [2.75, 3.05) is 0 Å². The summed E-state index contributed by atoms with van der Waals surface area (Å²) in [5.41, 5.74) is -0.607. The Morgan fingerprint density at radius 1 is 1.50 bits per heavy atom. The van der Waals surface area contributed by atoms with Crippen LogP contribution in [0.25, 0.3) is 0 Å². The van der Waals surface area contributed by atoms with Crippen LogP contribution < -0.4 is 0 Å². The van der Waals surface area contributed by atoms with Gasteiger partial charge in [0.15, 0.2) is 0 Å². The van der Waals surface area contributed by atoms with Crippen LogP contribution in [0.15, 0.2) is 0 Å². The van der Waals surface area contributed by atoms with Gasteiger partial charge >= 0.3 is 5.97 Å². The summed E-state index contributed by atoms with van der Waals surface area (Å²) in [6.07, 6.45) is 4.77. The van der Waals surface area contributed by atoms with Gasteiger partial charge in [0.25, 0.3) is 0 Å². The number of H-pyrrole nitrogens is 1. The van der Waals surface area contributed by atoms with Crippen molar-refractivity contribution < 1.29 is 9.90 Å². The second kappa shape index (κ2) is 4.23. The molecule has 16 heavy (non-hydrogen) atoms. The molecule has 0 unspecified atom stereocenters. The molecule has 88 valence electrons. The highest BCUT2D eigenvalue weighted by molar-refractivity contribution is 5.75. The minimum Gasteiger partial charge on any atom is -0.481 e. The first kappa shape index (κ1) is 11.1. The van der Waals surface area contributed by atoms with E-state index < -0.39 is 11.4 Å². The van der Waals surface area contributed by atoms with Gasteiger partial charge in [0.1, 0.15) is 11.6 Å². The zero-order valence-electron chi connectivity index (χ0n) is 9.49. The Hall–Kier alpha value is -1.39. The molecule has 0 spiro atoms. The van der Waals surface area contributed by atoms with Gasteiger partial charge in [-0.25, -0.2) is 4.98 Å². The Morgan fingerprint density at radius 3 is 2.69 bits per heavy atom. The second-order valence-corrected chi connectivity index (χ2v) is 4.52. The van der Waals surface area contributed by atoms with Crippen LogP contribution in [-0.2, 0) is 17.6 Å². The fraction of sp³-hybridized carbons (Fsp3) is 0.727. The molecule has 2 N–H and O–H groups in total. The van der Waals surface area contributed by atoms with Crippen LogP contribution >= 0.6 is 0 Å². The zero-order chi connectivity index (χ0) is 11.6. The van der Waals surface area contributed by atoms with Crippen LogP contribution in [0.3, 0.4) is 0 Å². The van der Waals surface area contributed by atoms with E-state index in [-0.39, 0.29) is 0 Å². The van der Waals surface area contributed by atoms with Crippen molar-refractivity contribution >= 4 is 5.97 Å². The third-order valence-electron chi connectivity index (χ3n) is 3.41. The first-order valence-corrected chi connectivity index (χ1v) is 5.80. The van der Waals surface area contributed by atoms with Crippen molar-refractivity contribution in [3.8, 4) is 0 Å². The van der Waals surface area contributed by atoms with E-state index >= 15 is 0 Å². The molecule has 0 saturated heterocycles. The maximum Gasteiger partial charge on any atom is 0.310 e. The number of aliphatic carboxylic acids is 1. The normalized spacial score (nSPS) is 18.8. The summed E-state index contributed by atoms with van der Waals surface area (Å²) in [4.78, 5) is 15.6. The highest BCUT2D eigenvalue weighted by Crippen LogP contribution is 2.40. The van der Waals surface area contributed by atoms with Crippen molar-refractivity contribution in [2.24, 2.45) is 5.41 Å². The number of hydrogen-bond acceptors (Lipinski definition) is 3. The Morgan fingerprint density at radius 2 is 2.19 bits per heavy atom. The molecule has 0 amide bonds. The van der Waals surface area contributed by atoms with E-state index in [4.69, 9.17) is 0 Å². The number of rotatable bonds is 4. The van der Waals surface area contributed by atoms with Crippen molar-refractivity contribution in [3.63, 3.8) is 0 Å². The largest absolute Gasteiger partial charge is 0.481 e. The van der Waals surface area contributed by atoms with Gasteiger partial charge in [-0.3, -0.25) is 9.89 Å². The van der Waals surface area contributed by atoms with Gasteiger partial charge in [-0.15, -0.1) is 0 Å². The number of hydrogen-bond donors (Lipinski definition) is 2. The van der Waals surface area contributed by atoms with Gasteiger partial charge in [-0.05, 0) is 12.8 Å². The van der Waals surface area contributed by atoms with Gasteiger partial charge in [-0.2, -0.15) is 5.10 Å². The number of carboxylic acids is 1. The summed E-state index contributed by atoms with van der Waals surface area (Å²) in [6.45, 7) is 1.98. The predicted molar refractivity (Wildman–Crippen MR) is 58.0 cm³/mol. The molecule has 0 bridgehead atoms. The van der Waals surface area contributed by atoms with Crippen LogP contribution in [0.4, 0.5) is 0 Å². The van der Waals surface area contributed by atoms with Crippen molar-refractivity contribution in [2.45, 2.75) is 45.4 Å². The van der Waals surface area contributed by atoms with Crippen LogP contribution in [0.1, 0.15) is 44.3 Å². The molecule has 5 nitrogen and oxygen atoms in total. The molecule has 1 fully saturated rings. The lowest BCUT2D eigenvalue weighted by molar-refractivity contribution is -0.148. The van der Waals surface area contributed by atoms with Crippen LogP contribution in [0, 0.1) is 5.41 Å². The summed E-state index contributed by atoms with van der Waals surface area (Å²) < 4.78 is 0. The number of nitrogens with zero attached hydrogens (tertiary/aromatic N) is 2. The number of carboxylic acid groups (broad SMARTS) is 1. The number of aromatic nitrogens is 3. The molecule has 1 heterocycles. The molecule has 0 aromatic carbocycles. The average Bonchev–Trinajstić information content (AvgIpc) is 2.88. The monoisotopic (exact) mass is 223 g/mol. The molecule has 0 aliphatic heterocycles. The number of aromatic amines is 1. The Kier molecular flexibility index (Phi) is 2.94. The van der Waals surface area contributed by atoms with Crippen molar-refractivity contribution in [1.82, 2.24) is 15.2 Å². The van der Waals surface area contributed by atoms with Gasteiger partial charge in [0, 0.05) is 12.8 Å². The summed E-state index contributed by atoms with van der Waals surface area (Å²) in [6, 6.07) is 0. The highest BCUT2D eigenvalue weighted by atomic mass is 16.4. The van der Waals surface area contributed by atoms with E-state index in [0.717, 1.165) is 37.9 Å². The topological polar surface area (TPSA) is 78.9 Å². The summed E-state index contributed by atoms with van der Waals surface area (Å²) in [7, 11) is 0. The molecule has 0 radical (unpaired) electrons. The summed E-state index contributed by atoms with van der Waals surface area (Å²) in [5.74, 6) is 0.772. The molecule has 1 aliphatic carbocycles. The minimum atomic E-state index is -0.695. The van der Waals surface area contributed by atoms with E-state index in [1.165, 1.54) is 0 Å². The summed E-state index contributed by atoms with van der Waals surface area (Å²) >= 11 is 0. The standard InChI is InChI=1S/C11H17N3O2/c1-2-8-12-9(14-13-8)7-11(10(15)16)5-3-4-6-11/h2-7H2,1H3,(H,15,16)(H,12,13,14). The molecule has 1 aliphatic rings. The Bertz CT molecular complexity index is 380. The van der Waals surface area contributed by atoms with E-state index in [2.05, 4.69) is 15.2 Å². The zero-order valence-corrected chi connectivity index (χ0v) is 9.49. The molecular weight excluding hydrogens is 206 g/mol. The number of carbonyl (C=O) groups is 1. The second-order valence-electron chi connectivity index (χ2n) is 4.52. The number of aryl methyl sites for hydroxylation is 1. The van der Waals surface area contributed by atoms with Crippen molar-refractivity contribution in [3.05, 3.63) is 11.6 Å². The first-order valence-electron chi connectivity index (χ1n) is 5.80. The third-order valence-corrected chi connectivity index (χ3v) is 3.41. The molecule has 0 atom stereocenters. The lowest BCUT2D eigenvalue weighted by atomic mass is 9.82. The van der Waals surface area contributed by atoms with Crippen LogP contribution in [-0.4, -0.2) is 26.3 Å². The molecule has 1 saturated carbocycles. The fourth-order valence-electron chi connectivity index (χ4n) is 2.41. The van der Waals surface area contributed by atoms with E-state index in [1.807, 2.05) is 6.92 Å². The lowest BCUT2D eigenvalue weighted by Gasteiger charge is -2.21. The predicted octanol–water partition coefficient (Wildman–Crippen LogP) is 1.55. The van der Waals surface area contributed by atoms with E-state index in [9.17, 15) is 9.90 Å². The van der Waals surface area contributed by atoms with E-state index in [1.54, 1.807) is 0 Å². The SMILES string of the molecule is CCc1n[nH]c(CC2(C(=O)O)CCCC2)n1. The minimum absolute atomic E-state index is 0.481. The highest BCUT2D eigenvalue weighted by Gasteiger charge is 2.42. The summed E-state index contributed by atoms with van der Waals surface area (Å²) in [5, 5.41) is 16.2. The average molecular weight is 223 g/mol. The maximum atomic E-state index is 11.3. The van der Waals surface area contributed by atoms with Crippen LogP contribution in [0.5, 0.6) is 0 Å². The molecular formula is C11H17N3O2. The maximum absolute atomic E-state index is 11.3. The van der Waals surface area contributed by atoms with Gasteiger partial charge in [-0.1, -0.05) is 19.8 Å². The van der Waals surface area contributed by atoms with Gasteiger partial charge in [0.05, 0.1) is 5.41 Å². The molecule has 1 aromatic heterocycles. The molecule has 5 heteroatoms. The third kappa shape index (κ3) is 1.94. The molecule has 1 aromatic rings. The van der Waals surface area contributed by atoms with Crippen molar-refractivity contribution in [1.29, 1.82) is 0 Å². The van der Waals surface area contributed by atoms with Gasteiger partial charge < -0.3 is 5.11 Å². The number of nitrogens with one attached hydrogen (secondary N) is 1. The Balaban J connectivity index is 2.14. The lowest BCUT2D eigenvalue weighted by Crippen LogP contribution is -2.30. The molecule has 2 rings (SSSR count). The van der Waals surface area contributed by atoms with Crippen LogP contribution in [0.2, 0.25) is 0 Å².